The van der Waals surface area contributed by atoms with Gasteiger partial charge in [-0.2, -0.15) is 0 Å². The maximum Gasteiger partial charge on any atom is 0.191 e. The van der Waals surface area contributed by atoms with Gasteiger partial charge in [-0.05, 0) is 30.8 Å². The lowest BCUT2D eigenvalue weighted by Gasteiger charge is -2.21. The molecule has 0 radical (unpaired) electrons. The predicted molar refractivity (Wildman–Crippen MR) is 57.4 cm³/mol. The lowest BCUT2D eigenvalue weighted by Crippen LogP contribution is -2.38. The summed E-state index contributed by atoms with van der Waals surface area (Å²) < 4.78 is 24.5. The Bertz CT molecular complexity index is 377. The zero-order valence-electron chi connectivity index (χ0n) is 7.77. The first-order chi connectivity index (χ1) is 6.71. The van der Waals surface area contributed by atoms with Crippen molar-refractivity contribution in [3.05, 3.63) is 17.5 Å². The highest BCUT2D eigenvalue weighted by Gasteiger charge is 2.29. The summed E-state index contributed by atoms with van der Waals surface area (Å²) in [6.45, 7) is 1.54. The van der Waals surface area contributed by atoms with Crippen molar-refractivity contribution >= 4 is 21.2 Å². The summed E-state index contributed by atoms with van der Waals surface area (Å²) in [5, 5.41) is 4.71. The minimum absolute atomic E-state index is 0.227. The van der Waals surface area contributed by atoms with E-state index in [1.807, 2.05) is 5.38 Å². The Hall–Kier alpha value is -0.390. The van der Waals surface area contributed by atoms with Crippen LogP contribution >= 0.6 is 11.3 Å². The summed E-state index contributed by atoms with van der Waals surface area (Å²) in [6, 6.07) is 3.47. The number of thiophene rings is 1. The third-order valence-electron chi connectivity index (χ3n) is 2.47. The molecule has 1 saturated heterocycles. The maximum atomic E-state index is 12.0. The van der Waals surface area contributed by atoms with Gasteiger partial charge in [-0.3, -0.25) is 0 Å². The Morgan fingerprint density at radius 2 is 2.36 bits per heavy atom. The Morgan fingerprint density at radius 1 is 1.50 bits per heavy atom. The molecule has 2 rings (SSSR count). The maximum absolute atomic E-state index is 12.0. The molecule has 1 aliphatic heterocycles. The third-order valence-corrected chi connectivity index (χ3v) is 6.09. The molecular formula is C9H13NO2S2. The van der Waals surface area contributed by atoms with E-state index in [0.717, 1.165) is 19.4 Å². The predicted octanol–water partition coefficient (Wildman–Crippen LogP) is 1.27. The highest BCUT2D eigenvalue weighted by atomic mass is 32.2. The quantitative estimate of drug-likeness (QED) is 0.834. The molecule has 3 nitrogen and oxygen atoms in total. The summed E-state index contributed by atoms with van der Waals surface area (Å²) in [7, 11) is -3.06. The summed E-state index contributed by atoms with van der Waals surface area (Å²) in [4.78, 5) is 0. The molecule has 0 aromatic carbocycles. The van der Waals surface area contributed by atoms with E-state index >= 15 is 0 Å². The summed E-state index contributed by atoms with van der Waals surface area (Å²) >= 11 is 1.31. The van der Waals surface area contributed by atoms with Gasteiger partial charge >= 0.3 is 0 Å². The van der Waals surface area contributed by atoms with Gasteiger partial charge in [0.25, 0.3) is 0 Å². The van der Waals surface area contributed by atoms with E-state index in [9.17, 15) is 8.42 Å². The van der Waals surface area contributed by atoms with Crippen molar-refractivity contribution in [3.63, 3.8) is 0 Å². The number of rotatable bonds is 2. The second-order valence-electron chi connectivity index (χ2n) is 3.45. The molecule has 5 heteroatoms. The molecule has 0 saturated carbocycles. The highest BCUT2D eigenvalue weighted by Crippen LogP contribution is 2.24. The number of nitrogens with one attached hydrogen (secondary N) is 1. The second-order valence-corrected chi connectivity index (χ2v) is 6.85. The molecule has 0 amide bonds. The number of piperidine rings is 1. The van der Waals surface area contributed by atoms with E-state index in [-0.39, 0.29) is 5.25 Å². The molecule has 0 spiro atoms. The largest absolute Gasteiger partial charge is 0.315 e. The summed E-state index contributed by atoms with van der Waals surface area (Å²) in [6.07, 6.45) is 1.74. The average Bonchev–Trinajstić information content (AvgIpc) is 2.72. The molecule has 78 valence electrons. The second kappa shape index (κ2) is 4.00. The Morgan fingerprint density at radius 3 is 2.93 bits per heavy atom. The SMILES string of the molecule is O=S(=O)(c1cccs1)C1CCCNC1. The first-order valence-electron chi connectivity index (χ1n) is 4.69. The van der Waals surface area contributed by atoms with Crippen molar-refractivity contribution in [2.24, 2.45) is 0 Å². The van der Waals surface area contributed by atoms with Crippen LogP contribution in [0.1, 0.15) is 12.8 Å². The van der Waals surface area contributed by atoms with Gasteiger partial charge < -0.3 is 5.32 Å². The van der Waals surface area contributed by atoms with Gasteiger partial charge in [-0.15, -0.1) is 11.3 Å². The highest BCUT2D eigenvalue weighted by molar-refractivity contribution is 7.94. The Kier molecular flexibility index (Phi) is 2.90. The summed E-state index contributed by atoms with van der Waals surface area (Å²) in [5.74, 6) is 0. The fourth-order valence-electron chi connectivity index (χ4n) is 1.67. The normalized spacial score (nSPS) is 23.6. The molecule has 1 unspecified atom stereocenters. The van der Waals surface area contributed by atoms with E-state index in [1.165, 1.54) is 11.3 Å². The molecule has 1 aromatic rings. The van der Waals surface area contributed by atoms with E-state index in [0.29, 0.717) is 10.8 Å². The van der Waals surface area contributed by atoms with Crippen molar-refractivity contribution in [3.8, 4) is 0 Å². The fourth-order valence-corrected chi connectivity index (χ4v) is 4.65. The van der Waals surface area contributed by atoms with Crippen LogP contribution in [0.3, 0.4) is 0 Å². The van der Waals surface area contributed by atoms with Gasteiger partial charge in [0.15, 0.2) is 9.84 Å². The smallest absolute Gasteiger partial charge is 0.191 e. The zero-order chi connectivity index (χ0) is 10.0. The van der Waals surface area contributed by atoms with E-state index in [1.54, 1.807) is 12.1 Å². The van der Waals surface area contributed by atoms with E-state index in [2.05, 4.69) is 5.32 Å². The van der Waals surface area contributed by atoms with Crippen LogP contribution in [0.5, 0.6) is 0 Å². The molecule has 14 heavy (non-hydrogen) atoms. The monoisotopic (exact) mass is 231 g/mol. The molecule has 1 N–H and O–H groups in total. The van der Waals surface area contributed by atoms with Crippen molar-refractivity contribution < 1.29 is 8.42 Å². The van der Waals surface area contributed by atoms with E-state index < -0.39 is 9.84 Å². The van der Waals surface area contributed by atoms with Crippen LogP contribution < -0.4 is 5.32 Å². The van der Waals surface area contributed by atoms with Crippen molar-refractivity contribution in [1.82, 2.24) is 5.32 Å². The molecule has 1 aliphatic rings. The first-order valence-corrected chi connectivity index (χ1v) is 7.12. The van der Waals surface area contributed by atoms with Crippen LogP contribution in [0.4, 0.5) is 0 Å². The van der Waals surface area contributed by atoms with Gasteiger partial charge in [0.1, 0.15) is 4.21 Å². The van der Waals surface area contributed by atoms with Crippen LogP contribution in [0.15, 0.2) is 21.7 Å². The molecular weight excluding hydrogens is 218 g/mol. The molecule has 0 aliphatic carbocycles. The van der Waals surface area contributed by atoms with E-state index in [4.69, 9.17) is 0 Å². The topological polar surface area (TPSA) is 46.2 Å². The third kappa shape index (κ3) is 1.85. The average molecular weight is 231 g/mol. The van der Waals surface area contributed by atoms with Gasteiger partial charge in [-0.25, -0.2) is 8.42 Å². The molecule has 1 aromatic heterocycles. The number of hydrogen-bond acceptors (Lipinski definition) is 4. The minimum atomic E-state index is -3.06. The number of sulfone groups is 1. The molecule has 0 bridgehead atoms. The van der Waals surface area contributed by atoms with Gasteiger partial charge in [0, 0.05) is 6.54 Å². The van der Waals surface area contributed by atoms with Crippen LogP contribution in [-0.4, -0.2) is 26.8 Å². The first kappa shape index (κ1) is 10.1. The van der Waals surface area contributed by atoms with Crippen LogP contribution in [-0.2, 0) is 9.84 Å². The zero-order valence-corrected chi connectivity index (χ0v) is 9.40. The Balaban J connectivity index is 2.23. The lowest BCUT2D eigenvalue weighted by atomic mass is 10.2. The van der Waals surface area contributed by atoms with Crippen molar-refractivity contribution in [2.45, 2.75) is 22.3 Å². The van der Waals surface area contributed by atoms with Crippen LogP contribution in [0, 0.1) is 0 Å². The van der Waals surface area contributed by atoms with Gasteiger partial charge in [0.05, 0.1) is 5.25 Å². The molecule has 1 fully saturated rings. The van der Waals surface area contributed by atoms with Crippen molar-refractivity contribution in [2.75, 3.05) is 13.1 Å². The van der Waals surface area contributed by atoms with Crippen LogP contribution in [0.25, 0.3) is 0 Å². The minimum Gasteiger partial charge on any atom is -0.315 e. The van der Waals surface area contributed by atoms with Crippen LogP contribution in [0.2, 0.25) is 0 Å². The number of hydrogen-bond donors (Lipinski definition) is 1. The Labute approximate surface area is 88.1 Å². The standard InChI is InChI=1S/C9H13NO2S2/c11-14(12,9-4-2-6-13-9)8-3-1-5-10-7-8/h2,4,6,8,10H,1,3,5,7H2. The fraction of sp³-hybridized carbons (Fsp3) is 0.556. The van der Waals surface area contributed by atoms with Gasteiger partial charge in [-0.1, -0.05) is 6.07 Å². The molecule has 2 heterocycles. The van der Waals surface area contributed by atoms with Gasteiger partial charge in [0.2, 0.25) is 0 Å². The summed E-state index contributed by atoms with van der Waals surface area (Å²) in [5.41, 5.74) is 0. The van der Waals surface area contributed by atoms with Crippen molar-refractivity contribution in [1.29, 1.82) is 0 Å². The lowest BCUT2D eigenvalue weighted by molar-refractivity contribution is 0.498. The molecule has 1 atom stereocenters.